The molecule has 0 N–H and O–H groups in total. The predicted octanol–water partition coefficient (Wildman–Crippen LogP) is 4.09. The topological polar surface area (TPSA) is 26.3 Å². The van der Waals surface area contributed by atoms with E-state index >= 15 is 0 Å². The van der Waals surface area contributed by atoms with Crippen LogP contribution in [0.1, 0.15) is 30.5 Å². The molecule has 2 heteroatoms. The van der Waals surface area contributed by atoms with Gasteiger partial charge in [-0.25, -0.2) is 0 Å². The van der Waals surface area contributed by atoms with Crippen molar-refractivity contribution in [1.82, 2.24) is 0 Å². The Balaban J connectivity index is 2.27. The van der Waals surface area contributed by atoms with Crippen LogP contribution in [-0.4, -0.2) is 12.9 Å². The summed E-state index contributed by atoms with van der Waals surface area (Å²) in [4.78, 5) is 12.8. The first-order chi connectivity index (χ1) is 9.95. The van der Waals surface area contributed by atoms with Gasteiger partial charge in [-0.1, -0.05) is 48.0 Å². The molecule has 2 rings (SSSR count). The number of benzene rings is 2. The molecule has 0 heterocycles. The lowest BCUT2D eigenvalue weighted by Crippen LogP contribution is -2.30. The molecule has 2 aromatic carbocycles. The maximum atomic E-state index is 12.8. The normalized spacial score (nSPS) is 11.2. The highest BCUT2D eigenvalue weighted by Gasteiger charge is 2.29. The van der Waals surface area contributed by atoms with E-state index in [-0.39, 0.29) is 5.78 Å². The second kappa shape index (κ2) is 6.13. The first-order valence-electron chi connectivity index (χ1n) is 7.17. The van der Waals surface area contributed by atoms with Gasteiger partial charge >= 0.3 is 0 Å². The van der Waals surface area contributed by atoms with E-state index in [1.54, 1.807) is 7.11 Å². The quantitative estimate of drug-likeness (QED) is 0.825. The Bertz CT molecular complexity index is 627. The SMILES string of the molecule is COc1ccc(C)cc1CC(=O)C(C)(C)c1ccccc1. The molecule has 0 aliphatic heterocycles. The standard InChI is InChI=1S/C19H22O2/c1-14-10-11-17(21-4)15(12-14)13-18(20)19(2,3)16-8-6-5-7-9-16/h5-12H,13H2,1-4H3. The maximum Gasteiger partial charge on any atom is 0.147 e. The van der Waals surface area contributed by atoms with Crippen molar-refractivity contribution in [2.75, 3.05) is 7.11 Å². The number of Topliss-reactive ketones (excluding diaryl/α,β-unsaturated/α-hetero) is 1. The fraction of sp³-hybridized carbons (Fsp3) is 0.316. The molecule has 0 fully saturated rings. The molecule has 0 saturated heterocycles. The minimum atomic E-state index is -0.504. The lowest BCUT2D eigenvalue weighted by atomic mass is 9.78. The first-order valence-corrected chi connectivity index (χ1v) is 7.17. The van der Waals surface area contributed by atoms with Crippen molar-refractivity contribution >= 4 is 5.78 Å². The highest BCUT2D eigenvalue weighted by molar-refractivity contribution is 5.91. The third kappa shape index (κ3) is 3.33. The van der Waals surface area contributed by atoms with Crippen molar-refractivity contribution in [2.24, 2.45) is 0 Å². The number of ketones is 1. The van der Waals surface area contributed by atoms with Gasteiger partial charge in [-0.15, -0.1) is 0 Å². The second-order valence-electron chi connectivity index (χ2n) is 5.91. The Morgan fingerprint density at radius 2 is 1.76 bits per heavy atom. The van der Waals surface area contributed by atoms with E-state index in [0.29, 0.717) is 6.42 Å². The summed E-state index contributed by atoms with van der Waals surface area (Å²) < 4.78 is 5.37. The van der Waals surface area contributed by atoms with Crippen LogP contribution >= 0.6 is 0 Å². The monoisotopic (exact) mass is 282 g/mol. The number of aryl methyl sites for hydroxylation is 1. The van der Waals surface area contributed by atoms with Crippen LogP contribution in [0.5, 0.6) is 5.75 Å². The fourth-order valence-corrected chi connectivity index (χ4v) is 2.46. The summed E-state index contributed by atoms with van der Waals surface area (Å²) in [6.07, 6.45) is 0.382. The first kappa shape index (κ1) is 15.3. The largest absolute Gasteiger partial charge is 0.496 e. The zero-order chi connectivity index (χ0) is 15.5. The van der Waals surface area contributed by atoms with Gasteiger partial charge in [-0.2, -0.15) is 0 Å². The molecule has 0 atom stereocenters. The van der Waals surface area contributed by atoms with Crippen LogP contribution in [0.3, 0.4) is 0 Å². The van der Waals surface area contributed by atoms with Crippen molar-refractivity contribution in [3.8, 4) is 5.75 Å². The molecule has 0 unspecified atom stereocenters. The third-order valence-corrected chi connectivity index (χ3v) is 3.98. The summed E-state index contributed by atoms with van der Waals surface area (Å²) in [5.74, 6) is 0.968. The zero-order valence-corrected chi connectivity index (χ0v) is 13.1. The highest BCUT2D eigenvalue weighted by atomic mass is 16.5. The lowest BCUT2D eigenvalue weighted by molar-refractivity contribution is -0.122. The van der Waals surface area contributed by atoms with Gasteiger partial charge in [0.1, 0.15) is 11.5 Å². The molecule has 0 spiro atoms. The second-order valence-corrected chi connectivity index (χ2v) is 5.91. The third-order valence-electron chi connectivity index (χ3n) is 3.98. The van der Waals surface area contributed by atoms with Crippen molar-refractivity contribution in [3.05, 3.63) is 65.2 Å². The van der Waals surface area contributed by atoms with E-state index in [2.05, 4.69) is 0 Å². The molecule has 0 saturated carbocycles. The number of carbonyl (C=O) groups excluding carboxylic acids is 1. The summed E-state index contributed by atoms with van der Waals surface area (Å²) in [6.45, 7) is 5.98. The van der Waals surface area contributed by atoms with Gasteiger partial charge in [0.2, 0.25) is 0 Å². The highest BCUT2D eigenvalue weighted by Crippen LogP contribution is 2.28. The summed E-state index contributed by atoms with van der Waals surface area (Å²) in [5, 5.41) is 0. The van der Waals surface area contributed by atoms with Gasteiger partial charge in [0.25, 0.3) is 0 Å². The summed E-state index contributed by atoms with van der Waals surface area (Å²) >= 11 is 0. The van der Waals surface area contributed by atoms with Crippen LogP contribution in [-0.2, 0) is 16.6 Å². The predicted molar refractivity (Wildman–Crippen MR) is 85.9 cm³/mol. The van der Waals surface area contributed by atoms with Crippen molar-refractivity contribution in [1.29, 1.82) is 0 Å². The van der Waals surface area contributed by atoms with Crippen molar-refractivity contribution in [2.45, 2.75) is 32.6 Å². The Hall–Kier alpha value is -2.09. The van der Waals surface area contributed by atoms with Crippen LogP contribution < -0.4 is 4.74 Å². The summed E-state index contributed by atoms with van der Waals surface area (Å²) in [6, 6.07) is 15.9. The van der Waals surface area contributed by atoms with E-state index in [1.807, 2.05) is 69.3 Å². The van der Waals surface area contributed by atoms with E-state index in [9.17, 15) is 4.79 Å². The van der Waals surface area contributed by atoms with E-state index in [4.69, 9.17) is 4.74 Å². The zero-order valence-electron chi connectivity index (χ0n) is 13.1. The number of carbonyl (C=O) groups is 1. The molecule has 0 radical (unpaired) electrons. The molecular weight excluding hydrogens is 260 g/mol. The maximum absolute atomic E-state index is 12.8. The smallest absolute Gasteiger partial charge is 0.147 e. The Labute approximate surface area is 126 Å². The molecule has 0 amide bonds. The molecule has 0 aliphatic rings. The van der Waals surface area contributed by atoms with Gasteiger partial charge in [0.05, 0.1) is 7.11 Å². The van der Waals surface area contributed by atoms with Crippen molar-refractivity contribution in [3.63, 3.8) is 0 Å². The molecule has 0 aromatic heterocycles. The Kier molecular flexibility index (Phi) is 4.46. The Morgan fingerprint density at radius 3 is 2.38 bits per heavy atom. The van der Waals surface area contributed by atoms with Crippen LogP contribution in [0.4, 0.5) is 0 Å². The molecule has 0 aliphatic carbocycles. The van der Waals surface area contributed by atoms with Gasteiger partial charge in [0.15, 0.2) is 0 Å². The van der Waals surface area contributed by atoms with Gasteiger partial charge in [0, 0.05) is 17.4 Å². The van der Waals surface area contributed by atoms with E-state index < -0.39 is 5.41 Å². The summed E-state index contributed by atoms with van der Waals surface area (Å²) in [5.41, 5.74) is 2.62. The average Bonchev–Trinajstić information content (AvgIpc) is 2.48. The van der Waals surface area contributed by atoms with Gasteiger partial charge in [-0.3, -0.25) is 4.79 Å². The van der Waals surface area contributed by atoms with E-state index in [0.717, 1.165) is 22.4 Å². The van der Waals surface area contributed by atoms with Crippen LogP contribution in [0.2, 0.25) is 0 Å². The number of ether oxygens (including phenoxy) is 1. The Morgan fingerprint density at radius 1 is 1.10 bits per heavy atom. The number of hydrogen-bond donors (Lipinski definition) is 0. The fourth-order valence-electron chi connectivity index (χ4n) is 2.46. The molecule has 2 aromatic rings. The molecule has 110 valence electrons. The van der Waals surface area contributed by atoms with Crippen molar-refractivity contribution < 1.29 is 9.53 Å². The van der Waals surface area contributed by atoms with E-state index in [1.165, 1.54) is 0 Å². The number of hydrogen-bond acceptors (Lipinski definition) is 2. The van der Waals surface area contributed by atoms with Gasteiger partial charge in [-0.05, 0) is 32.4 Å². The van der Waals surface area contributed by atoms with Crippen LogP contribution in [0, 0.1) is 6.92 Å². The number of methoxy groups -OCH3 is 1. The molecular formula is C19H22O2. The summed E-state index contributed by atoms with van der Waals surface area (Å²) in [7, 11) is 1.64. The molecule has 2 nitrogen and oxygen atoms in total. The minimum absolute atomic E-state index is 0.192. The lowest BCUT2D eigenvalue weighted by Gasteiger charge is -2.24. The average molecular weight is 282 g/mol. The molecule has 21 heavy (non-hydrogen) atoms. The van der Waals surface area contributed by atoms with Crippen LogP contribution in [0.15, 0.2) is 48.5 Å². The van der Waals surface area contributed by atoms with Crippen LogP contribution in [0.25, 0.3) is 0 Å². The molecule has 0 bridgehead atoms. The van der Waals surface area contributed by atoms with Gasteiger partial charge < -0.3 is 4.74 Å². The minimum Gasteiger partial charge on any atom is -0.496 e. The number of rotatable bonds is 5.